The Bertz CT molecular complexity index is 348. The monoisotopic (exact) mass is 264 g/mol. The van der Waals surface area contributed by atoms with Crippen LogP contribution in [0.25, 0.3) is 0 Å². The Morgan fingerprint density at radius 2 is 1.74 bits per heavy atom. The van der Waals surface area contributed by atoms with Gasteiger partial charge < -0.3 is 4.74 Å². The van der Waals surface area contributed by atoms with Crippen LogP contribution in [0.5, 0.6) is 0 Å². The van der Waals surface area contributed by atoms with E-state index in [9.17, 15) is 4.79 Å². The van der Waals surface area contributed by atoms with Gasteiger partial charge in [0.15, 0.2) is 0 Å². The number of allylic oxidation sites excluding steroid dienone is 5. The third-order valence-electron chi connectivity index (χ3n) is 2.84. The molecule has 0 aromatic rings. The lowest BCUT2D eigenvalue weighted by atomic mass is 10.1. The summed E-state index contributed by atoms with van der Waals surface area (Å²) in [5.74, 6) is -0.226. The lowest BCUT2D eigenvalue weighted by molar-refractivity contribution is -0.143. The smallest absolute Gasteiger partial charge is 0.303 e. The number of carbonyl (C=O) groups is 1. The molecule has 0 radical (unpaired) electrons. The SMILES string of the molecule is CC=CCCC(C)=CCCC(C)=CC(C)OC(C)=O. The van der Waals surface area contributed by atoms with Gasteiger partial charge in [-0.3, -0.25) is 4.79 Å². The summed E-state index contributed by atoms with van der Waals surface area (Å²) in [6, 6.07) is 0. The van der Waals surface area contributed by atoms with Crippen molar-refractivity contribution >= 4 is 5.97 Å². The Morgan fingerprint density at radius 1 is 1.11 bits per heavy atom. The third kappa shape index (κ3) is 11.5. The first-order valence-electron chi connectivity index (χ1n) is 7.07. The Balaban J connectivity index is 4.01. The predicted molar refractivity (Wildman–Crippen MR) is 82.0 cm³/mol. The van der Waals surface area contributed by atoms with Crippen molar-refractivity contribution in [2.24, 2.45) is 0 Å². The van der Waals surface area contributed by atoms with Crippen LogP contribution < -0.4 is 0 Å². The predicted octanol–water partition coefficient (Wildman–Crippen LogP) is 4.97. The molecule has 0 bridgehead atoms. The second-order valence-electron chi connectivity index (χ2n) is 5.02. The topological polar surface area (TPSA) is 26.3 Å². The van der Waals surface area contributed by atoms with Gasteiger partial charge in [-0.05, 0) is 59.5 Å². The summed E-state index contributed by atoms with van der Waals surface area (Å²) in [6.45, 7) is 9.66. The molecular formula is C17H28O2. The van der Waals surface area contributed by atoms with Crippen LogP contribution in [0, 0.1) is 0 Å². The highest BCUT2D eigenvalue weighted by Gasteiger charge is 2.01. The van der Waals surface area contributed by atoms with Gasteiger partial charge in [-0.2, -0.15) is 0 Å². The van der Waals surface area contributed by atoms with E-state index in [4.69, 9.17) is 4.74 Å². The van der Waals surface area contributed by atoms with Crippen molar-refractivity contribution in [2.45, 2.75) is 66.4 Å². The minimum atomic E-state index is -0.226. The van der Waals surface area contributed by atoms with Crippen LogP contribution >= 0.6 is 0 Å². The highest BCUT2D eigenvalue weighted by atomic mass is 16.5. The molecule has 0 aromatic heterocycles. The number of hydrogen-bond acceptors (Lipinski definition) is 2. The van der Waals surface area contributed by atoms with Crippen molar-refractivity contribution in [1.82, 2.24) is 0 Å². The quantitative estimate of drug-likeness (QED) is 0.457. The fraction of sp³-hybridized carbons (Fsp3) is 0.588. The molecule has 2 nitrogen and oxygen atoms in total. The first kappa shape index (κ1) is 17.7. The van der Waals surface area contributed by atoms with E-state index >= 15 is 0 Å². The molecule has 0 amide bonds. The lowest BCUT2D eigenvalue weighted by Crippen LogP contribution is -2.09. The average Bonchev–Trinajstić information content (AvgIpc) is 2.27. The first-order valence-corrected chi connectivity index (χ1v) is 7.07. The molecule has 0 aromatic carbocycles. The van der Waals surface area contributed by atoms with Crippen molar-refractivity contribution in [3.63, 3.8) is 0 Å². The summed E-state index contributed by atoms with van der Waals surface area (Å²) in [5, 5.41) is 0. The van der Waals surface area contributed by atoms with E-state index in [0.717, 1.165) is 25.7 Å². The van der Waals surface area contributed by atoms with E-state index in [2.05, 4.69) is 39.0 Å². The summed E-state index contributed by atoms with van der Waals surface area (Å²) in [4.78, 5) is 10.8. The van der Waals surface area contributed by atoms with Gasteiger partial charge in [0.2, 0.25) is 0 Å². The molecule has 1 unspecified atom stereocenters. The van der Waals surface area contributed by atoms with Crippen LogP contribution in [0.1, 0.15) is 60.3 Å². The van der Waals surface area contributed by atoms with E-state index in [-0.39, 0.29) is 12.1 Å². The van der Waals surface area contributed by atoms with Gasteiger partial charge >= 0.3 is 5.97 Å². The minimum Gasteiger partial charge on any atom is -0.459 e. The van der Waals surface area contributed by atoms with Crippen LogP contribution in [-0.4, -0.2) is 12.1 Å². The third-order valence-corrected chi connectivity index (χ3v) is 2.84. The maximum absolute atomic E-state index is 10.8. The van der Waals surface area contributed by atoms with Gasteiger partial charge in [0.05, 0.1) is 0 Å². The van der Waals surface area contributed by atoms with E-state index in [1.54, 1.807) is 0 Å². The Hall–Kier alpha value is -1.31. The molecule has 0 saturated heterocycles. The van der Waals surface area contributed by atoms with Crippen LogP contribution in [0.2, 0.25) is 0 Å². The molecule has 1 atom stereocenters. The highest BCUT2D eigenvalue weighted by molar-refractivity contribution is 5.66. The molecule has 0 spiro atoms. The van der Waals surface area contributed by atoms with Crippen molar-refractivity contribution < 1.29 is 9.53 Å². The van der Waals surface area contributed by atoms with Crippen LogP contribution in [0.4, 0.5) is 0 Å². The molecule has 0 aliphatic carbocycles. The summed E-state index contributed by atoms with van der Waals surface area (Å²) in [6.07, 6.45) is 12.8. The van der Waals surface area contributed by atoms with Gasteiger partial charge in [-0.15, -0.1) is 0 Å². The standard InChI is InChI=1S/C17H28O2/c1-6-7-8-10-14(2)11-9-12-15(3)13-16(4)19-17(5)18/h6-7,11,13,16H,8-10,12H2,1-5H3. The zero-order valence-corrected chi connectivity index (χ0v) is 13.0. The van der Waals surface area contributed by atoms with E-state index in [0.29, 0.717) is 0 Å². The molecule has 0 rings (SSSR count). The first-order chi connectivity index (χ1) is 8.95. The molecule has 108 valence electrons. The van der Waals surface area contributed by atoms with Gasteiger partial charge in [0, 0.05) is 6.92 Å². The number of carbonyl (C=O) groups excluding carboxylic acids is 1. The van der Waals surface area contributed by atoms with Crippen molar-refractivity contribution in [3.8, 4) is 0 Å². The van der Waals surface area contributed by atoms with E-state index in [1.165, 1.54) is 18.1 Å². The van der Waals surface area contributed by atoms with Crippen molar-refractivity contribution in [1.29, 1.82) is 0 Å². The molecule has 19 heavy (non-hydrogen) atoms. The fourth-order valence-electron chi connectivity index (χ4n) is 1.91. The molecule has 0 N–H and O–H groups in total. The van der Waals surface area contributed by atoms with Gasteiger partial charge in [0.1, 0.15) is 6.10 Å². The molecule has 0 fully saturated rings. The van der Waals surface area contributed by atoms with Gasteiger partial charge in [-0.25, -0.2) is 0 Å². The molecule has 0 aliphatic rings. The normalized spacial score (nSPS) is 14.8. The molecule has 0 heterocycles. The zero-order valence-electron chi connectivity index (χ0n) is 13.0. The van der Waals surface area contributed by atoms with E-state index in [1.807, 2.05) is 13.0 Å². The maximum Gasteiger partial charge on any atom is 0.303 e. The summed E-state index contributed by atoms with van der Waals surface area (Å²) < 4.78 is 5.08. The van der Waals surface area contributed by atoms with Crippen molar-refractivity contribution in [2.75, 3.05) is 0 Å². The zero-order chi connectivity index (χ0) is 14.7. The largest absolute Gasteiger partial charge is 0.459 e. The molecule has 0 saturated carbocycles. The highest BCUT2D eigenvalue weighted by Crippen LogP contribution is 2.11. The minimum absolute atomic E-state index is 0.128. The molecule has 0 aliphatic heterocycles. The molecular weight excluding hydrogens is 236 g/mol. The van der Waals surface area contributed by atoms with Gasteiger partial charge in [-0.1, -0.05) is 29.4 Å². The molecule has 2 heteroatoms. The lowest BCUT2D eigenvalue weighted by Gasteiger charge is -2.08. The van der Waals surface area contributed by atoms with E-state index < -0.39 is 0 Å². The van der Waals surface area contributed by atoms with Crippen LogP contribution in [0.3, 0.4) is 0 Å². The summed E-state index contributed by atoms with van der Waals surface area (Å²) in [5.41, 5.74) is 2.71. The van der Waals surface area contributed by atoms with Gasteiger partial charge in [0.25, 0.3) is 0 Å². The maximum atomic E-state index is 10.8. The number of rotatable bonds is 8. The number of ether oxygens (including phenoxy) is 1. The second kappa shape index (κ2) is 10.6. The summed E-state index contributed by atoms with van der Waals surface area (Å²) in [7, 11) is 0. The summed E-state index contributed by atoms with van der Waals surface area (Å²) >= 11 is 0. The Labute approximate surface area is 118 Å². The number of esters is 1. The average molecular weight is 264 g/mol. The fourth-order valence-corrected chi connectivity index (χ4v) is 1.91. The second-order valence-corrected chi connectivity index (χ2v) is 5.02. The number of hydrogen-bond donors (Lipinski definition) is 0. The Kier molecular flexibility index (Phi) is 9.87. The van der Waals surface area contributed by atoms with Crippen LogP contribution in [0.15, 0.2) is 35.5 Å². The van der Waals surface area contributed by atoms with Crippen LogP contribution in [-0.2, 0) is 9.53 Å². The Morgan fingerprint density at radius 3 is 2.32 bits per heavy atom. The van der Waals surface area contributed by atoms with Crippen molar-refractivity contribution in [3.05, 3.63) is 35.5 Å².